The summed E-state index contributed by atoms with van der Waals surface area (Å²) in [5.74, 6) is 0. The Morgan fingerprint density at radius 1 is 1.35 bits per heavy atom. The van der Waals surface area contributed by atoms with Gasteiger partial charge < -0.3 is 5.73 Å². The Morgan fingerprint density at radius 2 is 2.05 bits per heavy atom. The van der Waals surface area contributed by atoms with Crippen molar-refractivity contribution >= 4 is 32.2 Å². The summed E-state index contributed by atoms with van der Waals surface area (Å²) in [7, 11) is -3.66. The van der Waals surface area contributed by atoms with Crippen LogP contribution < -0.4 is 10.5 Å². The van der Waals surface area contributed by atoms with Gasteiger partial charge in [0.1, 0.15) is 0 Å². The van der Waals surface area contributed by atoms with Gasteiger partial charge in [-0.2, -0.15) is 0 Å². The fourth-order valence-electron chi connectivity index (χ4n) is 1.80. The molecule has 20 heavy (non-hydrogen) atoms. The molecule has 108 valence electrons. The molecule has 0 aliphatic rings. The highest BCUT2D eigenvalue weighted by Crippen LogP contribution is 2.26. The molecule has 1 aromatic carbocycles. The van der Waals surface area contributed by atoms with E-state index in [0.717, 1.165) is 16.1 Å². The summed E-state index contributed by atoms with van der Waals surface area (Å²) in [5, 5.41) is 0.379. The largest absolute Gasteiger partial charge is 0.399 e. The van der Waals surface area contributed by atoms with Crippen LogP contribution in [0, 0.1) is 13.8 Å². The van der Waals surface area contributed by atoms with Gasteiger partial charge in [0, 0.05) is 10.6 Å². The van der Waals surface area contributed by atoms with Gasteiger partial charge >= 0.3 is 0 Å². The van der Waals surface area contributed by atoms with Gasteiger partial charge in [0.15, 0.2) is 5.13 Å². The Kier molecular flexibility index (Phi) is 4.01. The van der Waals surface area contributed by atoms with Crippen LogP contribution in [-0.4, -0.2) is 13.4 Å². The van der Waals surface area contributed by atoms with Crippen LogP contribution in [0.1, 0.15) is 23.1 Å². The topological polar surface area (TPSA) is 85.1 Å². The first-order valence-corrected chi connectivity index (χ1v) is 8.48. The zero-order chi connectivity index (χ0) is 14.9. The molecule has 0 saturated heterocycles. The van der Waals surface area contributed by atoms with Crippen LogP contribution in [0.2, 0.25) is 0 Å². The van der Waals surface area contributed by atoms with E-state index in [4.69, 9.17) is 5.73 Å². The van der Waals surface area contributed by atoms with Crippen LogP contribution in [0.4, 0.5) is 10.8 Å². The van der Waals surface area contributed by atoms with Gasteiger partial charge in [-0.25, -0.2) is 13.4 Å². The number of thiazole rings is 1. The number of rotatable bonds is 4. The highest BCUT2D eigenvalue weighted by molar-refractivity contribution is 7.93. The summed E-state index contributed by atoms with van der Waals surface area (Å²) in [6, 6.07) is 4.92. The zero-order valence-corrected chi connectivity index (χ0v) is 13.2. The standard InChI is InChI=1S/C13H17N3O2S2/c1-4-10-5-6-11(14)7-12(10)20(17,18)16-13-15-8(2)9(3)19-13/h5-7H,4,14H2,1-3H3,(H,15,16). The number of benzene rings is 1. The minimum absolute atomic E-state index is 0.213. The van der Waals surface area contributed by atoms with Crippen LogP contribution in [0.15, 0.2) is 23.1 Å². The van der Waals surface area contributed by atoms with Gasteiger partial charge in [-0.05, 0) is 38.0 Å². The maximum Gasteiger partial charge on any atom is 0.264 e. The molecule has 1 heterocycles. The SMILES string of the molecule is CCc1ccc(N)cc1S(=O)(=O)Nc1nc(C)c(C)s1. The van der Waals surface area contributed by atoms with Crippen molar-refractivity contribution in [3.05, 3.63) is 34.3 Å². The molecule has 0 saturated carbocycles. The molecule has 2 aromatic rings. The van der Waals surface area contributed by atoms with Crippen molar-refractivity contribution in [2.24, 2.45) is 0 Å². The Bertz CT molecular complexity index is 717. The number of hydrogen-bond acceptors (Lipinski definition) is 5. The van der Waals surface area contributed by atoms with E-state index in [1.807, 2.05) is 20.8 Å². The van der Waals surface area contributed by atoms with Gasteiger partial charge in [0.2, 0.25) is 0 Å². The molecule has 0 atom stereocenters. The van der Waals surface area contributed by atoms with Crippen LogP contribution in [0.3, 0.4) is 0 Å². The van der Waals surface area contributed by atoms with E-state index in [0.29, 0.717) is 17.2 Å². The van der Waals surface area contributed by atoms with Crippen molar-refractivity contribution in [3.8, 4) is 0 Å². The molecule has 0 fully saturated rings. The molecule has 0 amide bonds. The maximum atomic E-state index is 12.5. The molecule has 3 N–H and O–H groups in total. The maximum absolute atomic E-state index is 12.5. The fraction of sp³-hybridized carbons (Fsp3) is 0.308. The number of nitrogen functional groups attached to an aromatic ring is 1. The second-order valence-electron chi connectivity index (χ2n) is 4.49. The quantitative estimate of drug-likeness (QED) is 0.850. The summed E-state index contributed by atoms with van der Waals surface area (Å²) < 4.78 is 27.4. The van der Waals surface area contributed by atoms with E-state index < -0.39 is 10.0 Å². The average Bonchev–Trinajstić information content (AvgIpc) is 2.67. The molecule has 1 aromatic heterocycles. The molecule has 0 spiro atoms. The summed E-state index contributed by atoms with van der Waals surface area (Å²) in [6.07, 6.45) is 0.618. The summed E-state index contributed by atoms with van der Waals surface area (Å²) in [6.45, 7) is 5.66. The lowest BCUT2D eigenvalue weighted by molar-refractivity contribution is 0.600. The van der Waals surface area contributed by atoms with Gasteiger partial charge in [0.25, 0.3) is 10.0 Å². The van der Waals surface area contributed by atoms with E-state index >= 15 is 0 Å². The van der Waals surface area contributed by atoms with Crippen molar-refractivity contribution in [2.45, 2.75) is 32.1 Å². The molecule has 0 unspecified atom stereocenters. The summed E-state index contributed by atoms with van der Waals surface area (Å²) in [4.78, 5) is 5.40. The highest BCUT2D eigenvalue weighted by Gasteiger charge is 2.20. The third-order valence-electron chi connectivity index (χ3n) is 3.01. The Morgan fingerprint density at radius 3 is 2.60 bits per heavy atom. The molecular weight excluding hydrogens is 294 g/mol. The first-order valence-electron chi connectivity index (χ1n) is 6.18. The molecule has 2 rings (SSSR count). The number of nitrogens with two attached hydrogens (primary N) is 1. The lowest BCUT2D eigenvalue weighted by atomic mass is 10.1. The van der Waals surface area contributed by atoms with Crippen molar-refractivity contribution in [3.63, 3.8) is 0 Å². The molecule has 0 radical (unpaired) electrons. The van der Waals surface area contributed by atoms with E-state index in [-0.39, 0.29) is 4.90 Å². The van der Waals surface area contributed by atoms with E-state index in [1.165, 1.54) is 17.4 Å². The molecule has 0 bridgehead atoms. The second kappa shape index (κ2) is 5.41. The van der Waals surface area contributed by atoms with Gasteiger partial charge in [-0.15, -0.1) is 11.3 Å². The third kappa shape index (κ3) is 2.94. The second-order valence-corrected chi connectivity index (χ2v) is 7.34. The van der Waals surface area contributed by atoms with Crippen molar-refractivity contribution in [1.29, 1.82) is 0 Å². The molecule has 0 aliphatic heterocycles. The number of sulfonamides is 1. The Labute approximate surface area is 122 Å². The number of nitrogens with zero attached hydrogens (tertiary/aromatic N) is 1. The Hall–Kier alpha value is -1.60. The van der Waals surface area contributed by atoms with E-state index in [1.54, 1.807) is 12.1 Å². The number of nitrogens with one attached hydrogen (secondary N) is 1. The number of aryl methyl sites for hydroxylation is 3. The van der Waals surface area contributed by atoms with Crippen molar-refractivity contribution in [2.75, 3.05) is 10.5 Å². The predicted molar refractivity (Wildman–Crippen MR) is 82.6 cm³/mol. The molecule has 5 nitrogen and oxygen atoms in total. The lowest BCUT2D eigenvalue weighted by Gasteiger charge is -2.10. The zero-order valence-electron chi connectivity index (χ0n) is 11.6. The van der Waals surface area contributed by atoms with Crippen LogP contribution >= 0.6 is 11.3 Å². The van der Waals surface area contributed by atoms with Gasteiger partial charge in [-0.1, -0.05) is 13.0 Å². The molecule has 7 heteroatoms. The van der Waals surface area contributed by atoms with Crippen LogP contribution in [0.25, 0.3) is 0 Å². The lowest BCUT2D eigenvalue weighted by Crippen LogP contribution is -2.15. The van der Waals surface area contributed by atoms with Crippen LogP contribution in [0.5, 0.6) is 0 Å². The van der Waals surface area contributed by atoms with Crippen molar-refractivity contribution in [1.82, 2.24) is 4.98 Å². The highest BCUT2D eigenvalue weighted by atomic mass is 32.2. The number of aromatic nitrogens is 1. The monoisotopic (exact) mass is 311 g/mol. The summed E-state index contributed by atoms with van der Waals surface area (Å²) >= 11 is 1.32. The smallest absolute Gasteiger partial charge is 0.264 e. The third-order valence-corrected chi connectivity index (χ3v) is 5.55. The van der Waals surface area contributed by atoms with Gasteiger partial charge in [0.05, 0.1) is 10.6 Å². The first kappa shape index (κ1) is 14.8. The fourth-order valence-corrected chi connectivity index (χ4v) is 4.20. The normalized spacial score (nSPS) is 11.6. The van der Waals surface area contributed by atoms with E-state index in [9.17, 15) is 8.42 Å². The predicted octanol–water partition coefficient (Wildman–Crippen LogP) is 2.71. The number of hydrogen-bond donors (Lipinski definition) is 2. The van der Waals surface area contributed by atoms with Crippen molar-refractivity contribution < 1.29 is 8.42 Å². The van der Waals surface area contributed by atoms with E-state index in [2.05, 4.69) is 9.71 Å². The summed E-state index contributed by atoms with van der Waals surface area (Å²) in [5.41, 5.74) is 7.68. The van der Waals surface area contributed by atoms with Gasteiger partial charge in [-0.3, -0.25) is 4.72 Å². The number of anilines is 2. The minimum Gasteiger partial charge on any atom is -0.399 e. The molecule has 0 aliphatic carbocycles. The first-order chi connectivity index (χ1) is 9.33. The van der Waals surface area contributed by atoms with Crippen LogP contribution in [-0.2, 0) is 16.4 Å². The molecular formula is C13H17N3O2S2. The average molecular weight is 311 g/mol. The Balaban J connectivity index is 2.42. The minimum atomic E-state index is -3.66.